The minimum atomic E-state index is -1.18. The van der Waals surface area contributed by atoms with Gasteiger partial charge in [0, 0.05) is 26.9 Å². The minimum absolute atomic E-state index is 0.247. The van der Waals surface area contributed by atoms with E-state index < -0.39 is 21.6 Å². The van der Waals surface area contributed by atoms with E-state index in [1.54, 1.807) is 38.2 Å². The first-order valence-corrected chi connectivity index (χ1v) is 11.0. The van der Waals surface area contributed by atoms with E-state index in [1.165, 1.54) is 11.3 Å². The van der Waals surface area contributed by atoms with Gasteiger partial charge in [0.25, 0.3) is 5.91 Å². The SMILES string of the molecule is CC1(C)C(N)=NC(c2sc(C(=O)NCc3cc(Cl)ccn3)cc2Cl)CS1=O. The number of amidine groups is 1. The third-order valence-electron chi connectivity index (χ3n) is 4.24. The van der Waals surface area contributed by atoms with Gasteiger partial charge in [0.1, 0.15) is 5.84 Å². The lowest BCUT2D eigenvalue weighted by Gasteiger charge is -2.30. The summed E-state index contributed by atoms with van der Waals surface area (Å²) in [6, 6.07) is 4.54. The van der Waals surface area contributed by atoms with Crippen LogP contribution in [0.2, 0.25) is 10.0 Å². The standard InChI is InChI=1S/C17H18Cl2N4O2S2/c1-17(2)16(20)23-12(8-27(17)25)14-11(19)6-13(26-14)15(24)22-7-10-5-9(18)3-4-21-10/h3-6,12H,7-8H2,1-2H3,(H2,20,23)(H,22,24). The molecule has 1 amide bonds. The highest BCUT2D eigenvalue weighted by Gasteiger charge is 2.38. The van der Waals surface area contributed by atoms with E-state index in [9.17, 15) is 9.00 Å². The number of nitrogens with two attached hydrogens (primary N) is 1. The maximum Gasteiger partial charge on any atom is 0.261 e. The van der Waals surface area contributed by atoms with Gasteiger partial charge in [-0.2, -0.15) is 0 Å². The molecule has 2 unspecified atom stereocenters. The number of pyridine rings is 1. The van der Waals surface area contributed by atoms with Gasteiger partial charge in [-0.1, -0.05) is 23.2 Å². The summed E-state index contributed by atoms with van der Waals surface area (Å²) in [6.45, 7) is 3.85. The van der Waals surface area contributed by atoms with Gasteiger partial charge in [0.05, 0.1) is 38.7 Å². The Balaban J connectivity index is 1.75. The number of nitrogens with zero attached hydrogens (tertiary/aromatic N) is 2. The number of nitrogens with one attached hydrogen (secondary N) is 1. The minimum Gasteiger partial charge on any atom is -0.386 e. The zero-order chi connectivity index (χ0) is 19.8. The van der Waals surface area contributed by atoms with Crippen molar-refractivity contribution >= 4 is 57.1 Å². The van der Waals surface area contributed by atoms with Crippen molar-refractivity contribution in [2.75, 3.05) is 5.75 Å². The van der Waals surface area contributed by atoms with Crippen LogP contribution in [0.5, 0.6) is 0 Å². The molecule has 0 aromatic carbocycles. The van der Waals surface area contributed by atoms with Crippen LogP contribution in [0.3, 0.4) is 0 Å². The smallest absolute Gasteiger partial charge is 0.261 e. The van der Waals surface area contributed by atoms with Gasteiger partial charge in [-0.3, -0.25) is 19.0 Å². The average molecular weight is 445 g/mol. The third-order valence-corrected chi connectivity index (χ3v) is 8.10. The lowest BCUT2D eigenvalue weighted by molar-refractivity contribution is 0.0954. The predicted molar refractivity (Wildman–Crippen MR) is 111 cm³/mol. The van der Waals surface area contributed by atoms with Gasteiger partial charge in [0.15, 0.2) is 0 Å². The molecule has 27 heavy (non-hydrogen) atoms. The van der Waals surface area contributed by atoms with Crippen LogP contribution in [0.1, 0.15) is 40.1 Å². The molecule has 3 rings (SSSR count). The molecule has 0 bridgehead atoms. The van der Waals surface area contributed by atoms with Gasteiger partial charge < -0.3 is 11.1 Å². The summed E-state index contributed by atoms with van der Waals surface area (Å²) in [4.78, 5) is 22.2. The topological polar surface area (TPSA) is 97.4 Å². The van der Waals surface area contributed by atoms with Crippen LogP contribution >= 0.6 is 34.5 Å². The van der Waals surface area contributed by atoms with Crippen LogP contribution in [0.15, 0.2) is 29.4 Å². The zero-order valence-corrected chi connectivity index (χ0v) is 17.8. The first kappa shape index (κ1) is 20.3. The molecule has 3 N–H and O–H groups in total. The quantitative estimate of drug-likeness (QED) is 0.755. The Morgan fingerprint density at radius 2 is 2.19 bits per heavy atom. The molecule has 3 heterocycles. The van der Waals surface area contributed by atoms with Crippen LogP contribution in [0, 0.1) is 0 Å². The fourth-order valence-electron chi connectivity index (χ4n) is 2.49. The highest BCUT2D eigenvalue weighted by Crippen LogP contribution is 2.38. The largest absolute Gasteiger partial charge is 0.386 e. The van der Waals surface area contributed by atoms with E-state index >= 15 is 0 Å². The van der Waals surface area contributed by atoms with Crippen LogP contribution < -0.4 is 11.1 Å². The zero-order valence-electron chi connectivity index (χ0n) is 14.7. The normalized spacial score (nSPS) is 21.6. The maximum atomic E-state index is 12.5. The third kappa shape index (κ3) is 4.34. The molecule has 0 saturated heterocycles. The lowest BCUT2D eigenvalue weighted by Crippen LogP contribution is -2.47. The second-order valence-corrected chi connectivity index (χ2v) is 10.5. The van der Waals surface area contributed by atoms with E-state index in [0.717, 1.165) is 0 Å². The molecule has 0 spiro atoms. The molecular weight excluding hydrogens is 427 g/mol. The first-order valence-electron chi connectivity index (χ1n) is 8.08. The van der Waals surface area contributed by atoms with Gasteiger partial charge in [-0.05, 0) is 32.0 Å². The van der Waals surface area contributed by atoms with Crippen molar-refractivity contribution in [3.05, 3.63) is 49.9 Å². The van der Waals surface area contributed by atoms with E-state index in [0.29, 0.717) is 37.1 Å². The number of aliphatic imine (C=N–C) groups is 1. The molecule has 0 fully saturated rings. The van der Waals surface area contributed by atoms with Gasteiger partial charge in [-0.25, -0.2) is 0 Å². The van der Waals surface area contributed by atoms with Crippen molar-refractivity contribution in [2.24, 2.45) is 10.7 Å². The average Bonchev–Trinajstić information content (AvgIpc) is 2.99. The Bertz CT molecular complexity index is 943. The van der Waals surface area contributed by atoms with E-state index in [-0.39, 0.29) is 12.5 Å². The molecule has 10 heteroatoms. The Labute approximate surface area is 173 Å². The van der Waals surface area contributed by atoms with Crippen LogP contribution in [-0.4, -0.2) is 31.4 Å². The maximum absolute atomic E-state index is 12.5. The molecule has 1 aliphatic heterocycles. The summed E-state index contributed by atoms with van der Waals surface area (Å²) in [6.07, 6.45) is 1.58. The second-order valence-electron chi connectivity index (χ2n) is 6.52. The van der Waals surface area contributed by atoms with Crippen molar-refractivity contribution in [1.82, 2.24) is 10.3 Å². The fraction of sp³-hybridized carbons (Fsp3) is 0.353. The monoisotopic (exact) mass is 444 g/mol. The van der Waals surface area contributed by atoms with E-state index in [1.807, 2.05) is 0 Å². The Morgan fingerprint density at radius 1 is 1.44 bits per heavy atom. The number of halogens is 2. The number of aromatic nitrogens is 1. The number of hydrogen-bond donors (Lipinski definition) is 2. The number of carbonyl (C=O) groups is 1. The second kappa shape index (κ2) is 7.87. The number of carbonyl (C=O) groups excluding carboxylic acids is 1. The van der Waals surface area contributed by atoms with Crippen molar-refractivity contribution in [3.8, 4) is 0 Å². The highest BCUT2D eigenvalue weighted by molar-refractivity contribution is 7.87. The molecule has 1 aliphatic rings. The molecule has 144 valence electrons. The van der Waals surface area contributed by atoms with Crippen LogP contribution in [0.4, 0.5) is 0 Å². The molecule has 2 atom stereocenters. The lowest BCUT2D eigenvalue weighted by atomic mass is 10.1. The van der Waals surface area contributed by atoms with Gasteiger partial charge >= 0.3 is 0 Å². The van der Waals surface area contributed by atoms with Crippen molar-refractivity contribution in [2.45, 2.75) is 31.2 Å². The van der Waals surface area contributed by atoms with E-state index in [4.69, 9.17) is 28.9 Å². The first-order chi connectivity index (χ1) is 12.7. The summed E-state index contributed by atoms with van der Waals surface area (Å²) in [7, 11) is -1.18. The summed E-state index contributed by atoms with van der Waals surface area (Å²) in [5.41, 5.74) is 6.65. The van der Waals surface area contributed by atoms with Crippen molar-refractivity contribution in [1.29, 1.82) is 0 Å². The van der Waals surface area contributed by atoms with E-state index in [2.05, 4.69) is 15.3 Å². The molecule has 2 aromatic heterocycles. The number of hydrogen-bond acceptors (Lipinski definition) is 6. The molecule has 2 aromatic rings. The van der Waals surface area contributed by atoms with Gasteiger partial charge in [-0.15, -0.1) is 11.3 Å². The summed E-state index contributed by atoms with van der Waals surface area (Å²) < 4.78 is 11.8. The molecule has 6 nitrogen and oxygen atoms in total. The van der Waals surface area contributed by atoms with Crippen molar-refractivity contribution < 1.29 is 9.00 Å². The van der Waals surface area contributed by atoms with Crippen LogP contribution in [-0.2, 0) is 17.3 Å². The fourth-order valence-corrected chi connectivity index (χ4v) is 5.43. The molecule has 0 aliphatic carbocycles. The Morgan fingerprint density at radius 3 is 2.85 bits per heavy atom. The Kier molecular flexibility index (Phi) is 5.90. The summed E-state index contributed by atoms with van der Waals surface area (Å²) in [5, 5.41) is 3.76. The Hall–Kier alpha value is -1.48. The summed E-state index contributed by atoms with van der Waals surface area (Å²) >= 11 is 13.5. The molecular formula is C17H18Cl2N4O2S2. The molecule has 0 saturated carbocycles. The number of thiophene rings is 1. The van der Waals surface area contributed by atoms with Gasteiger partial charge in [0.2, 0.25) is 0 Å². The number of rotatable bonds is 4. The predicted octanol–water partition coefficient (Wildman–Crippen LogP) is 3.32. The number of amides is 1. The van der Waals surface area contributed by atoms with Crippen LogP contribution in [0.25, 0.3) is 0 Å². The highest BCUT2D eigenvalue weighted by atomic mass is 35.5. The summed E-state index contributed by atoms with van der Waals surface area (Å²) in [5.74, 6) is 0.380. The van der Waals surface area contributed by atoms with Crippen molar-refractivity contribution in [3.63, 3.8) is 0 Å². The molecule has 0 radical (unpaired) electrons.